The summed E-state index contributed by atoms with van der Waals surface area (Å²) >= 11 is 0. The molecule has 2 atom stereocenters. The molecule has 2 unspecified atom stereocenters. The highest BCUT2D eigenvalue weighted by Crippen LogP contribution is 2.43. The molecule has 0 aliphatic rings. The van der Waals surface area contributed by atoms with Crippen molar-refractivity contribution in [3.8, 4) is 0 Å². The molecule has 7 nitrogen and oxygen atoms in total. The molecule has 0 saturated carbocycles. The number of hydrogen-bond acceptors (Lipinski definition) is 5. The standard InChI is InChI=1S/C20H20F4N4O3/c1-28(2)10-19(31,20(22,23)24)18(11-3-5-16(29)25-9-11)27-15-8-12(21)7-14-13(15)4-6-17(30)26-14/h3-9,18,27,31H,10H2,1-2H3,(H,25,29)(H,26,30). The number of aromatic nitrogens is 2. The van der Waals surface area contributed by atoms with Crippen molar-refractivity contribution < 1.29 is 22.7 Å². The van der Waals surface area contributed by atoms with Gasteiger partial charge in [0, 0.05) is 35.9 Å². The van der Waals surface area contributed by atoms with Gasteiger partial charge in [-0.15, -0.1) is 0 Å². The lowest BCUT2D eigenvalue weighted by atomic mass is 9.87. The summed E-state index contributed by atoms with van der Waals surface area (Å²) in [7, 11) is 2.73. The third-order valence-corrected chi connectivity index (χ3v) is 4.77. The summed E-state index contributed by atoms with van der Waals surface area (Å²) in [5, 5.41) is 13.7. The highest BCUT2D eigenvalue weighted by Gasteiger charge is 2.59. The third-order valence-electron chi connectivity index (χ3n) is 4.77. The van der Waals surface area contributed by atoms with E-state index in [1.165, 1.54) is 20.2 Å². The molecule has 4 N–H and O–H groups in total. The van der Waals surface area contributed by atoms with Gasteiger partial charge in [-0.25, -0.2) is 4.39 Å². The van der Waals surface area contributed by atoms with Crippen LogP contribution in [-0.2, 0) is 0 Å². The molecule has 0 spiro atoms. The highest BCUT2D eigenvalue weighted by molar-refractivity contribution is 5.91. The molecule has 0 aliphatic heterocycles. The lowest BCUT2D eigenvalue weighted by Gasteiger charge is -2.40. The lowest BCUT2D eigenvalue weighted by molar-refractivity contribution is -0.270. The Morgan fingerprint density at radius 3 is 2.35 bits per heavy atom. The van der Waals surface area contributed by atoms with Gasteiger partial charge in [-0.05, 0) is 43.9 Å². The maximum atomic E-state index is 14.2. The van der Waals surface area contributed by atoms with E-state index >= 15 is 0 Å². The Bertz CT molecular complexity index is 1180. The summed E-state index contributed by atoms with van der Waals surface area (Å²) in [5.74, 6) is -0.805. The summed E-state index contributed by atoms with van der Waals surface area (Å²) < 4.78 is 56.5. The number of anilines is 1. The molecule has 0 fully saturated rings. The fourth-order valence-electron chi connectivity index (χ4n) is 3.42. The van der Waals surface area contributed by atoms with Gasteiger partial charge in [0.15, 0.2) is 5.60 Å². The van der Waals surface area contributed by atoms with E-state index in [1.54, 1.807) is 0 Å². The number of fused-ring (bicyclic) bond motifs is 1. The van der Waals surface area contributed by atoms with Gasteiger partial charge < -0.3 is 25.3 Å². The second-order valence-electron chi connectivity index (χ2n) is 7.46. The van der Waals surface area contributed by atoms with E-state index in [0.717, 1.165) is 41.4 Å². The topological polar surface area (TPSA) is 101 Å². The van der Waals surface area contributed by atoms with Crippen LogP contribution in [0.15, 0.2) is 52.2 Å². The zero-order valence-corrected chi connectivity index (χ0v) is 16.5. The van der Waals surface area contributed by atoms with E-state index in [-0.39, 0.29) is 22.2 Å². The number of H-pyrrole nitrogens is 2. The fraction of sp³-hybridized carbons (Fsp3) is 0.300. The average molecular weight is 440 g/mol. The molecule has 2 heterocycles. The Labute approximate surface area is 173 Å². The van der Waals surface area contributed by atoms with Gasteiger partial charge in [-0.1, -0.05) is 0 Å². The summed E-state index contributed by atoms with van der Waals surface area (Å²) in [5.41, 5.74) is -4.47. The van der Waals surface area contributed by atoms with Crippen LogP contribution in [-0.4, -0.2) is 52.4 Å². The number of alkyl halides is 3. The maximum Gasteiger partial charge on any atom is 0.420 e. The van der Waals surface area contributed by atoms with Gasteiger partial charge >= 0.3 is 6.18 Å². The Hall–Kier alpha value is -3.18. The zero-order valence-electron chi connectivity index (χ0n) is 16.5. The van der Waals surface area contributed by atoms with Crippen LogP contribution in [0, 0.1) is 5.82 Å². The van der Waals surface area contributed by atoms with Gasteiger partial charge in [0.1, 0.15) is 5.82 Å². The van der Waals surface area contributed by atoms with Crippen LogP contribution in [0.2, 0.25) is 0 Å². The molecule has 31 heavy (non-hydrogen) atoms. The second-order valence-corrected chi connectivity index (χ2v) is 7.46. The molecule has 1 aromatic carbocycles. The average Bonchev–Trinajstić information content (AvgIpc) is 2.64. The number of halogens is 4. The molecule has 166 valence electrons. The minimum Gasteiger partial charge on any atom is -0.378 e. The molecular weight excluding hydrogens is 420 g/mol. The molecule has 0 amide bonds. The molecule has 3 rings (SSSR count). The molecule has 0 bridgehead atoms. The van der Waals surface area contributed by atoms with Crippen LogP contribution < -0.4 is 16.4 Å². The van der Waals surface area contributed by atoms with Crippen LogP contribution in [0.1, 0.15) is 11.6 Å². The molecule has 11 heteroatoms. The Morgan fingerprint density at radius 2 is 1.77 bits per heavy atom. The molecule has 0 aliphatic carbocycles. The van der Waals surface area contributed by atoms with Crippen LogP contribution in [0.5, 0.6) is 0 Å². The van der Waals surface area contributed by atoms with Crippen molar-refractivity contribution in [1.29, 1.82) is 0 Å². The normalized spacial score (nSPS) is 15.1. The second kappa shape index (κ2) is 8.16. The van der Waals surface area contributed by atoms with Crippen molar-refractivity contribution in [3.05, 3.63) is 74.7 Å². The first-order valence-corrected chi connectivity index (χ1v) is 9.12. The molecule has 0 radical (unpaired) electrons. The van der Waals surface area contributed by atoms with Crippen molar-refractivity contribution in [2.75, 3.05) is 26.0 Å². The van der Waals surface area contributed by atoms with Crippen LogP contribution >= 0.6 is 0 Å². The summed E-state index contributed by atoms with van der Waals surface area (Å²) in [6, 6.07) is 4.82. The third kappa shape index (κ3) is 4.62. The van der Waals surface area contributed by atoms with Crippen LogP contribution in [0.25, 0.3) is 10.9 Å². The Morgan fingerprint density at radius 1 is 1.10 bits per heavy atom. The largest absolute Gasteiger partial charge is 0.420 e. The van der Waals surface area contributed by atoms with Gasteiger partial charge in [0.2, 0.25) is 11.1 Å². The summed E-state index contributed by atoms with van der Waals surface area (Å²) in [6.45, 7) is -0.822. The number of rotatable bonds is 6. The summed E-state index contributed by atoms with van der Waals surface area (Å²) in [6.07, 6.45) is -4.04. The zero-order chi connectivity index (χ0) is 23.0. The Kier molecular flexibility index (Phi) is 5.92. The number of benzene rings is 1. The molecule has 3 aromatic rings. The highest BCUT2D eigenvalue weighted by atomic mass is 19.4. The van der Waals surface area contributed by atoms with E-state index in [2.05, 4.69) is 15.3 Å². The minimum atomic E-state index is -5.09. The monoisotopic (exact) mass is 440 g/mol. The van der Waals surface area contributed by atoms with Crippen molar-refractivity contribution in [3.63, 3.8) is 0 Å². The number of nitrogens with zero attached hydrogens (tertiary/aromatic N) is 1. The van der Waals surface area contributed by atoms with Crippen LogP contribution in [0.3, 0.4) is 0 Å². The van der Waals surface area contributed by atoms with Crippen LogP contribution in [0.4, 0.5) is 23.2 Å². The first kappa shape index (κ1) is 22.5. The number of aromatic amines is 2. The van der Waals surface area contributed by atoms with E-state index in [4.69, 9.17) is 0 Å². The van der Waals surface area contributed by atoms with Gasteiger partial charge in [-0.3, -0.25) is 9.59 Å². The predicted octanol–water partition coefficient (Wildman–Crippen LogP) is 2.36. The first-order chi connectivity index (χ1) is 14.4. The maximum absolute atomic E-state index is 14.2. The molecule has 0 saturated heterocycles. The van der Waals surface area contributed by atoms with Crippen molar-refractivity contribution in [2.24, 2.45) is 0 Å². The quantitative estimate of drug-likeness (QED) is 0.441. The first-order valence-electron chi connectivity index (χ1n) is 9.12. The number of pyridine rings is 2. The van der Waals surface area contributed by atoms with Gasteiger partial charge in [0.05, 0.1) is 11.6 Å². The molecule has 2 aromatic heterocycles. The fourth-order valence-corrected chi connectivity index (χ4v) is 3.42. The number of aliphatic hydroxyl groups is 1. The van der Waals surface area contributed by atoms with Crippen molar-refractivity contribution in [2.45, 2.75) is 17.8 Å². The van der Waals surface area contributed by atoms with E-state index in [1.807, 2.05) is 0 Å². The minimum absolute atomic E-state index is 0.0679. The van der Waals surface area contributed by atoms with E-state index in [9.17, 15) is 32.3 Å². The van der Waals surface area contributed by atoms with Gasteiger partial charge in [-0.2, -0.15) is 13.2 Å². The molecular formula is C20H20F4N4O3. The number of likely N-dealkylation sites (N-methyl/N-ethyl adjacent to an activating group) is 1. The SMILES string of the molecule is CN(C)CC(O)(C(Nc1cc(F)cc2[nH]c(=O)ccc12)c1ccc(=O)[nH]c1)C(F)(F)F. The van der Waals surface area contributed by atoms with E-state index in [0.29, 0.717) is 0 Å². The number of nitrogens with one attached hydrogen (secondary N) is 3. The lowest BCUT2D eigenvalue weighted by Crippen LogP contribution is -2.58. The van der Waals surface area contributed by atoms with Gasteiger partial charge in [0.25, 0.3) is 0 Å². The van der Waals surface area contributed by atoms with Crippen molar-refractivity contribution in [1.82, 2.24) is 14.9 Å². The number of hydrogen-bond donors (Lipinski definition) is 4. The van der Waals surface area contributed by atoms with Crippen molar-refractivity contribution >= 4 is 16.6 Å². The smallest absolute Gasteiger partial charge is 0.378 e. The summed E-state index contributed by atoms with van der Waals surface area (Å²) in [4.78, 5) is 28.9. The van der Waals surface area contributed by atoms with E-state index < -0.39 is 41.3 Å². The predicted molar refractivity (Wildman–Crippen MR) is 108 cm³/mol. The Balaban J connectivity index is 2.23.